The summed E-state index contributed by atoms with van der Waals surface area (Å²) in [5, 5.41) is 2.67. The van der Waals surface area contributed by atoms with Gasteiger partial charge in [-0.3, -0.25) is 14.3 Å². The molecular formula is C27H34F4N4O5S. The lowest BCUT2D eigenvalue weighted by Gasteiger charge is -2.34. The number of alkyl halides is 3. The molecule has 1 aromatic carbocycles. The fourth-order valence-electron chi connectivity index (χ4n) is 4.13. The maximum Gasteiger partial charge on any atom is 0.433 e. The van der Waals surface area contributed by atoms with Crippen LogP contribution in [0, 0.1) is 11.2 Å². The van der Waals surface area contributed by atoms with Gasteiger partial charge in [0.25, 0.3) is 0 Å². The van der Waals surface area contributed by atoms with E-state index in [1.807, 2.05) is 4.72 Å². The number of rotatable bonds is 8. The first-order valence-electron chi connectivity index (χ1n) is 12.9. The summed E-state index contributed by atoms with van der Waals surface area (Å²) in [6.07, 6.45) is -3.36. The minimum absolute atomic E-state index is 0.0654. The van der Waals surface area contributed by atoms with Gasteiger partial charge < -0.3 is 15.0 Å². The maximum atomic E-state index is 14.4. The number of ether oxygens (including phenoxy) is 1. The molecule has 1 amide bonds. The van der Waals surface area contributed by atoms with Gasteiger partial charge in [0.15, 0.2) is 0 Å². The van der Waals surface area contributed by atoms with Gasteiger partial charge >= 0.3 is 12.1 Å². The Hall–Kier alpha value is -3.42. The molecule has 1 aliphatic heterocycles. The van der Waals surface area contributed by atoms with E-state index in [0.717, 1.165) is 18.4 Å². The maximum absolute atomic E-state index is 14.4. The fraction of sp³-hybridized carbons (Fsp3) is 0.519. The molecule has 0 saturated carbocycles. The molecular weight excluding hydrogens is 568 g/mol. The third-order valence-corrected chi connectivity index (χ3v) is 7.10. The number of carbonyl (C=O) groups excluding carboxylic acids is 2. The third-order valence-electron chi connectivity index (χ3n) is 6.51. The number of sulfonamides is 1. The van der Waals surface area contributed by atoms with Crippen LogP contribution < -0.4 is 14.9 Å². The molecule has 1 fully saturated rings. The Bertz CT molecular complexity index is 1390. The van der Waals surface area contributed by atoms with Gasteiger partial charge in [0.1, 0.15) is 23.4 Å². The van der Waals surface area contributed by atoms with Gasteiger partial charge in [-0.2, -0.15) is 13.2 Å². The van der Waals surface area contributed by atoms with Crippen molar-refractivity contribution >= 4 is 33.4 Å². The average Bonchev–Trinajstić information content (AvgIpc) is 2.86. The van der Waals surface area contributed by atoms with Crippen molar-refractivity contribution in [3.8, 4) is 0 Å². The predicted molar refractivity (Wildman–Crippen MR) is 145 cm³/mol. The second-order valence-corrected chi connectivity index (χ2v) is 12.8. The summed E-state index contributed by atoms with van der Waals surface area (Å²) in [5.74, 6) is -2.52. The Morgan fingerprint density at radius 2 is 1.76 bits per heavy atom. The summed E-state index contributed by atoms with van der Waals surface area (Å²) in [5.41, 5.74) is -1.39. The lowest BCUT2D eigenvalue weighted by atomic mass is 9.97. The highest BCUT2D eigenvalue weighted by Crippen LogP contribution is 2.32. The number of carbonyl (C=O) groups is 2. The molecule has 3 rings (SSSR count). The van der Waals surface area contributed by atoms with Crippen LogP contribution in [0.2, 0.25) is 0 Å². The topological polar surface area (TPSA) is 118 Å². The van der Waals surface area contributed by atoms with E-state index in [4.69, 9.17) is 4.74 Å². The fourth-order valence-corrected chi connectivity index (χ4v) is 4.70. The van der Waals surface area contributed by atoms with Gasteiger partial charge in [-0.05, 0) is 51.5 Å². The number of pyridine rings is 1. The summed E-state index contributed by atoms with van der Waals surface area (Å²) in [6.45, 7) is 7.17. The monoisotopic (exact) mass is 602 g/mol. The van der Waals surface area contributed by atoms with Gasteiger partial charge in [0.2, 0.25) is 15.9 Å². The van der Waals surface area contributed by atoms with Crippen LogP contribution in [0.4, 0.5) is 29.1 Å². The Morgan fingerprint density at radius 3 is 2.29 bits per heavy atom. The van der Waals surface area contributed by atoms with Crippen LogP contribution in [-0.4, -0.2) is 50.7 Å². The highest BCUT2D eigenvalue weighted by Gasteiger charge is 2.35. The zero-order valence-corrected chi connectivity index (χ0v) is 24.2. The number of nitrogens with one attached hydrogen (secondary N) is 2. The van der Waals surface area contributed by atoms with E-state index in [1.54, 1.807) is 25.7 Å². The van der Waals surface area contributed by atoms with Crippen molar-refractivity contribution in [1.82, 2.24) is 10.3 Å². The number of hydrogen-bond acceptors (Lipinski definition) is 7. The summed E-state index contributed by atoms with van der Waals surface area (Å²) in [6, 6.07) is 5.75. The van der Waals surface area contributed by atoms with Crippen molar-refractivity contribution in [3.63, 3.8) is 0 Å². The number of esters is 1. The largest absolute Gasteiger partial charge is 0.462 e. The van der Waals surface area contributed by atoms with E-state index in [2.05, 4.69) is 10.3 Å². The lowest BCUT2D eigenvalue weighted by Crippen LogP contribution is -2.40. The Labute approximate surface area is 236 Å². The van der Waals surface area contributed by atoms with Crippen LogP contribution in [0.5, 0.6) is 0 Å². The molecule has 1 aromatic heterocycles. The molecule has 1 saturated heterocycles. The predicted octanol–water partition coefficient (Wildman–Crippen LogP) is 4.59. The second kappa shape index (κ2) is 12.2. The number of nitrogens with zero attached hydrogens (tertiary/aromatic N) is 2. The molecule has 0 radical (unpaired) electrons. The highest BCUT2D eigenvalue weighted by molar-refractivity contribution is 7.92. The summed E-state index contributed by atoms with van der Waals surface area (Å²) >= 11 is 0. The van der Waals surface area contributed by atoms with Crippen LogP contribution in [0.1, 0.15) is 63.3 Å². The van der Waals surface area contributed by atoms with Crippen LogP contribution in [-0.2, 0) is 37.1 Å². The van der Waals surface area contributed by atoms with Crippen LogP contribution >= 0.6 is 0 Å². The summed E-state index contributed by atoms with van der Waals surface area (Å²) in [4.78, 5) is 30.6. The number of hydrogen-bond donors (Lipinski definition) is 2. The first kappa shape index (κ1) is 32.1. The first-order valence-corrected chi connectivity index (χ1v) is 14.8. The van der Waals surface area contributed by atoms with Gasteiger partial charge in [-0.1, -0.05) is 12.1 Å². The molecule has 1 unspecified atom stereocenters. The van der Waals surface area contributed by atoms with Gasteiger partial charge in [0.05, 0.1) is 23.3 Å². The third kappa shape index (κ3) is 8.78. The molecule has 2 heterocycles. The van der Waals surface area contributed by atoms with E-state index in [1.165, 1.54) is 25.1 Å². The van der Waals surface area contributed by atoms with E-state index in [-0.39, 0.29) is 35.7 Å². The van der Waals surface area contributed by atoms with Gasteiger partial charge in [-0.25, -0.2) is 17.8 Å². The Morgan fingerprint density at radius 1 is 1.12 bits per heavy atom. The van der Waals surface area contributed by atoms with Crippen LogP contribution in [0.15, 0.2) is 30.3 Å². The summed E-state index contributed by atoms with van der Waals surface area (Å²) in [7, 11) is -3.70. The van der Waals surface area contributed by atoms with Crippen molar-refractivity contribution in [2.24, 2.45) is 5.41 Å². The first-order chi connectivity index (χ1) is 18.8. The Balaban J connectivity index is 1.73. The zero-order valence-electron chi connectivity index (χ0n) is 23.4. The van der Waals surface area contributed by atoms with Crippen molar-refractivity contribution < 1.29 is 40.3 Å². The minimum atomic E-state index is -4.67. The molecule has 226 valence electrons. The quantitative estimate of drug-likeness (QED) is 0.335. The summed E-state index contributed by atoms with van der Waals surface area (Å²) < 4.78 is 85.2. The van der Waals surface area contributed by atoms with E-state index >= 15 is 0 Å². The van der Waals surface area contributed by atoms with Crippen LogP contribution in [0.25, 0.3) is 0 Å². The molecule has 1 aliphatic rings. The molecule has 1 atom stereocenters. The molecule has 2 N–H and O–H groups in total. The standard InChI is InChI=1S/C27H34F4N4O5S/c1-16(17-6-8-21(20(28)14-17)34-41(5,38)39)24(36)32-15-18-7-9-22(27(29,30)31)33-23(18)35-12-10-19(11-13-35)40-25(37)26(2,3)4/h6-9,14,16,19,34H,10-13,15H2,1-5H3,(H,32,36). The SMILES string of the molecule is CC(C(=O)NCc1ccc(C(F)(F)F)nc1N1CCC(OC(=O)C(C)(C)C)CC1)c1ccc(NS(C)(=O)=O)c(F)c1. The Kier molecular flexibility index (Phi) is 9.56. The van der Waals surface area contributed by atoms with E-state index in [0.29, 0.717) is 31.5 Å². The normalized spacial score (nSPS) is 15.8. The molecule has 0 bridgehead atoms. The van der Waals surface area contributed by atoms with Gasteiger partial charge in [-0.15, -0.1) is 0 Å². The van der Waals surface area contributed by atoms with Crippen molar-refractivity contribution in [1.29, 1.82) is 0 Å². The highest BCUT2D eigenvalue weighted by atomic mass is 32.2. The number of piperidine rings is 1. The smallest absolute Gasteiger partial charge is 0.433 e. The average molecular weight is 603 g/mol. The van der Waals surface area contributed by atoms with E-state index in [9.17, 15) is 35.6 Å². The number of halogens is 4. The number of amides is 1. The number of aromatic nitrogens is 1. The molecule has 41 heavy (non-hydrogen) atoms. The van der Waals surface area contributed by atoms with Crippen molar-refractivity contribution in [3.05, 3.63) is 53.0 Å². The molecule has 0 spiro atoms. The van der Waals surface area contributed by atoms with E-state index < -0.39 is 45.0 Å². The lowest BCUT2D eigenvalue weighted by molar-refractivity contribution is -0.159. The zero-order chi connectivity index (χ0) is 30.8. The second-order valence-electron chi connectivity index (χ2n) is 11.1. The van der Waals surface area contributed by atoms with Crippen molar-refractivity contribution in [2.75, 3.05) is 29.0 Å². The van der Waals surface area contributed by atoms with Gasteiger partial charge in [0, 0.05) is 38.0 Å². The van der Waals surface area contributed by atoms with Crippen LogP contribution in [0.3, 0.4) is 0 Å². The molecule has 9 nitrogen and oxygen atoms in total. The molecule has 14 heteroatoms. The minimum Gasteiger partial charge on any atom is -0.462 e. The molecule has 2 aromatic rings. The molecule has 0 aliphatic carbocycles. The number of anilines is 2. The van der Waals surface area contributed by atoms with Crippen molar-refractivity contribution in [2.45, 2.75) is 65.3 Å². The number of benzene rings is 1.